The molecule has 16 heavy (non-hydrogen) atoms. The molecule has 1 aromatic rings. The largest absolute Gasteiger partial charge is 0.365 e. The van der Waals surface area contributed by atoms with Gasteiger partial charge in [0.25, 0.3) is 5.91 Å². The van der Waals surface area contributed by atoms with Gasteiger partial charge in [0.15, 0.2) is 0 Å². The first kappa shape index (κ1) is 10.9. The molecule has 1 fully saturated rings. The number of carbonyl (C=O) groups excluding carboxylic acids is 1. The number of anilines is 1. The van der Waals surface area contributed by atoms with Crippen LogP contribution in [0.25, 0.3) is 0 Å². The van der Waals surface area contributed by atoms with Crippen molar-refractivity contribution < 1.29 is 4.79 Å². The normalized spacial score (nSPS) is 16.2. The van der Waals surface area contributed by atoms with Gasteiger partial charge in [0.1, 0.15) is 0 Å². The molecule has 0 saturated carbocycles. The second kappa shape index (κ2) is 4.47. The van der Waals surface area contributed by atoms with Gasteiger partial charge in [-0.3, -0.25) is 4.79 Å². The molecule has 1 aliphatic rings. The highest BCUT2D eigenvalue weighted by Crippen LogP contribution is 2.16. The van der Waals surface area contributed by atoms with E-state index in [1.165, 1.54) is 25.5 Å². The molecule has 0 atom stereocenters. The molecule has 2 heterocycles. The number of amides is 1. The maximum Gasteiger partial charge on any atom is 0.252 e. The van der Waals surface area contributed by atoms with Crippen LogP contribution in [0.3, 0.4) is 0 Å². The summed E-state index contributed by atoms with van der Waals surface area (Å²) in [5.41, 5.74) is 6.27. The molecular weight excluding hydrogens is 204 g/mol. The van der Waals surface area contributed by atoms with Crippen molar-refractivity contribution in [3.63, 3.8) is 0 Å². The summed E-state index contributed by atoms with van der Waals surface area (Å²) in [6.07, 6.45) is 5.16. The smallest absolute Gasteiger partial charge is 0.252 e. The van der Waals surface area contributed by atoms with Gasteiger partial charge in [0, 0.05) is 19.3 Å². The van der Waals surface area contributed by atoms with Gasteiger partial charge in [-0.25, -0.2) is 9.97 Å². The molecule has 0 spiro atoms. The van der Waals surface area contributed by atoms with Crippen molar-refractivity contribution >= 4 is 11.9 Å². The van der Waals surface area contributed by atoms with Crippen LogP contribution in [-0.4, -0.2) is 29.0 Å². The molecule has 0 aromatic carbocycles. The van der Waals surface area contributed by atoms with Crippen LogP contribution in [0.2, 0.25) is 0 Å². The zero-order valence-corrected chi connectivity index (χ0v) is 9.44. The average Bonchev–Trinajstić information content (AvgIpc) is 2.29. The Kier molecular flexibility index (Phi) is 3.03. The lowest BCUT2D eigenvalue weighted by atomic mass is 10.1. The third-order valence-electron chi connectivity index (χ3n) is 2.87. The molecule has 5 nitrogen and oxygen atoms in total. The molecule has 2 N–H and O–H groups in total. The Bertz CT molecular complexity index is 399. The molecule has 1 aromatic heterocycles. The van der Waals surface area contributed by atoms with Gasteiger partial charge >= 0.3 is 0 Å². The van der Waals surface area contributed by atoms with Crippen molar-refractivity contribution in [2.24, 2.45) is 5.73 Å². The highest BCUT2D eigenvalue weighted by Gasteiger charge is 2.15. The van der Waals surface area contributed by atoms with Crippen molar-refractivity contribution in [1.82, 2.24) is 9.97 Å². The van der Waals surface area contributed by atoms with Gasteiger partial charge in [-0.2, -0.15) is 0 Å². The predicted molar refractivity (Wildman–Crippen MR) is 61.4 cm³/mol. The first-order chi connectivity index (χ1) is 7.68. The molecule has 1 saturated heterocycles. The SMILES string of the molecule is Cc1nc(N2CCCCC2)ncc1C(N)=O. The van der Waals surface area contributed by atoms with Crippen LogP contribution < -0.4 is 10.6 Å². The van der Waals surface area contributed by atoms with Crippen LogP contribution in [-0.2, 0) is 0 Å². The molecule has 5 heteroatoms. The van der Waals surface area contributed by atoms with E-state index in [0.717, 1.165) is 13.1 Å². The molecule has 0 radical (unpaired) electrons. The second-order valence-electron chi connectivity index (χ2n) is 4.08. The Morgan fingerprint density at radius 3 is 2.62 bits per heavy atom. The number of nitrogens with two attached hydrogens (primary N) is 1. The lowest BCUT2D eigenvalue weighted by molar-refractivity contribution is 0.0999. The van der Waals surface area contributed by atoms with Crippen LogP contribution in [0.5, 0.6) is 0 Å². The highest BCUT2D eigenvalue weighted by atomic mass is 16.1. The van der Waals surface area contributed by atoms with Gasteiger partial charge in [-0.1, -0.05) is 0 Å². The average molecular weight is 220 g/mol. The Morgan fingerprint density at radius 2 is 2.06 bits per heavy atom. The van der Waals surface area contributed by atoms with Crippen LogP contribution >= 0.6 is 0 Å². The monoisotopic (exact) mass is 220 g/mol. The van der Waals surface area contributed by atoms with Gasteiger partial charge in [-0.15, -0.1) is 0 Å². The molecule has 1 aliphatic heterocycles. The molecule has 0 unspecified atom stereocenters. The van der Waals surface area contributed by atoms with Crippen molar-refractivity contribution in [3.8, 4) is 0 Å². The Labute approximate surface area is 94.7 Å². The van der Waals surface area contributed by atoms with E-state index >= 15 is 0 Å². The second-order valence-corrected chi connectivity index (χ2v) is 4.08. The first-order valence-corrected chi connectivity index (χ1v) is 5.57. The molecule has 86 valence electrons. The standard InChI is InChI=1S/C11H16N4O/c1-8-9(10(12)16)7-13-11(14-8)15-5-3-2-4-6-15/h7H,2-6H2,1H3,(H2,12,16). The lowest BCUT2D eigenvalue weighted by Gasteiger charge is -2.26. The van der Waals surface area contributed by atoms with E-state index in [1.807, 2.05) is 0 Å². The summed E-state index contributed by atoms with van der Waals surface area (Å²) in [5, 5.41) is 0. The summed E-state index contributed by atoms with van der Waals surface area (Å²) < 4.78 is 0. The van der Waals surface area contributed by atoms with E-state index in [-0.39, 0.29) is 0 Å². The first-order valence-electron chi connectivity index (χ1n) is 5.57. The number of primary amides is 1. The number of aromatic nitrogens is 2. The van der Waals surface area contributed by atoms with Crippen LogP contribution in [0.15, 0.2) is 6.20 Å². The topological polar surface area (TPSA) is 72.1 Å². The summed E-state index contributed by atoms with van der Waals surface area (Å²) >= 11 is 0. The van der Waals surface area contributed by atoms with Crippen LogP contribution in [0.4, 0.5) is 5.95 Å². The minimum Gasteiger partial charge on any atom is -0.365 e. The minimum atomic E-state index is -0.470. The van der Waals surface area contributed by atoms with Crippen LogP contribution in [0, 0.1) is 6.92 Å². The summed E-state index contributed by atoms with van der Waals surface area (Å²) in [6.45, 7) is 3.78. The number of nitrogens with zero attached hydrogens (tertiary/aromatic N) is 3. The summed E-state index contributed by atoms with van der Waals surface area (Å²) in [4.78, 5) is 21.7. The summed E-state index contributed by atoms with van der Waals surface area (Å²) in [5.74, 6) is 0.241. The number of carbonyl (C=O) groups is 1. The van der Waals surface area contributed by atoms with Crippen molar-refractivity contribution in [2.45, 2.75) is 26.2 Å². The van der Waals surface area contributed by atoms with Gasteiger partial charge in [0.2, 0.25) is 5.95 Å². The summed E-state index contributed by atoms with van der Waals surface area (Å²) in [6, 6.07) is 0. The third-order valence-corrected chi connectivity index (χ3v) is 2.87. The fourth-order valence-corrected chi connectivity index (χ4v) is 1.94. The number of aryl methyl sites for hydroxylation is 1. The molecule has 2 rings (SSSR count). The summed E-state index contributed by atoms with van der Waals surface area (Å²) in [7, 11) is 0. The zero-order valence-electron chi connectivity index (χ0n) is 9.44. The van der Waals surface area contributed by atoms with Gasteiger partial charge in [-0.05, 0) is 26.2 Å². The molecule has 0 bridgehead atoms. The highest BCUT2D eigenvalue weighted by molar-refractivity contribution is 5.93. The Hall–Kier alpha value is -1.65. The number of hydrogen-bond donors (Lipinski definition) is 1. The third kappa shape index (κ3) is 2.13. The predicted octanol–water partition coefficient (Wildman–Crippen LogP) is 0.874. The van der Waals surface area contributed by atoms with E-state index in [9.17, 15) is 4.79 Å². The van der Waals surface area contributed by atoms with E-state index < -0.39 is 5.91 Å². The van der Waals surface area contributed by atoms with Crippen molar-refractivity contribution in [1.29, 1.82) is 0 Å². The Morgan fingerprint density at radius 1 is 1.38 bits per heavy atom. The van der Waals surface area contributed by atoms with Gasteiger partial charge < -0.3 is 10.6 Å². The number of piperidine rings is 1. The van der Waals surface area contributed by atoms with Crippen molar-refractivity contribution in [2.75, 3.05) is 18.0 Å². The molecule has 1 amide bonds. The lowest BCUT2D eigenvalue weighted by Crippen LogP contribution is -2.31. The fourth-order valence-electron chi connectivity index (χ4n) is 1.94. The number of rotatable bonds is 2. The van der Waals surface area contributed by atoms with Crippen LogP contribution in [0.1, 0.15) is 35.3 Å². The van der Waals surface area contributed by atoms with Gasteiger partial charge in [0.05, 0.1) is 11.3 Å². The molecular formula is C11H16N4O. The molecule has 0 aliphatic carbocycles. The Balaban J connectivity index is 2.23. The maximum atomic E-state index is 11.0. The number of hydrogen-bond acceptors (Lipinski definition) is 4. The van der Waals surface area contributed by atoms with E-state index in [0.29, 0.717) is 17.2 Å². The minimum absolute atomic E-state index is 0.403. The van der Waals surface area contributed by atoms with E-state index in [2.05, 4.69) is 14.9 Å². The van der Waals surface area contributed by atoms with E-state index in [4.69, 9.17) is 5.73 Å². The quantitative estimate of drug-likeness (QED) is 0.802. The fraction of sp³-hybridized carbons (Fsp3) is 0.545. The van der Waals surface area contributed by atoms with Crippen molar-refractivity contribution in [3.05, 3.63) is 17.5 Å². The maximum absolute atomic E-state index is 11.0. The van der Waals surface area contributed by atoms with E-state index in [1.54, 1.807) is 6.92 Å². The zero-order chi connectivity index (χ0) is 11.5.